The average molecular weight is 399 g/mol. The zero-order valence-corrected chi connectivity index (χ0v) is 15.9. The van der Waals surface area contributed by atoms with Gasteiger partial charge in [-0.05, 0) is 36.8 Å². The number of rotatable bonds is 8. The Bertz CT molecular complexity index is 960. The molecule has 8 heteroatoms. The monoisotopic (exact) mass is 399 g/mol. The van der Waals surface area contributed by atoms with Gasteiger partial charge in [-0.15, -0.1) is 11.3 Å². The van der Waals surface area contributed by atoms with Gasteiger partial charge in [-0.1, -0.05) is 24.3 Å². The molecule has 6 nitrogen and oxygen atoms in total. The summed E-state index contributed by atoms with van der Waals surface area (Å²) in [6, 6.07) is 13.4. The van der Waals surface area contributed by atoms with E-state index in [0.717, 1.165) is 0 Å². The molecule has 0 aliphatic carbocycles. The molecule has 2 aromatic carbocycles. The summed E-state index contributed by atoms with van der Waals surface area (Å²) < 4.78 is 24.4. The molecule has 1 aromatic heterocycles. The fraction of sp³-hybridized carbons (Fsp3) is 0.150. The smallest absolute Gasteiger partial charge is 0.311 e. The molecule has 3 rings (SSSR count). The molecule has 0 unspecified atom stereocenters. The summed E-state index contributed by atoms with van der Waals surface area (Å²) >= 11 is 1.32. The van der Waals surface area contributed by atoms with Gasteiger partial charge in [-0.3, -0.25) is 10.2 Å². The van der Waals surface area contributed by atoms with E-state index in [-0.39, 0.29) is 18.1 Å². The topological polar surface area (TPSA) is 72.8 Å². The summed E-state index contributed by atoms with van der Waals surface area (Å²) in [5.74, 6) is -0.121. The second-order valence-electron chi connectivity index (χ2n) is 5.60. The van der Waals surface area contributed by atoms with Crippen molar-refractivity contribution in [3.8, 4) is 11.5 Å². The van der Waals surface area contributed by atoms with Crippen LogP contribution in [-0.4, -0.2) is 23.8 Å². The van der Waals surface area contributed by atoms with E-state index in [2.05, 4.69) is 15.5 Å². The maximum absolute atomic E-state index is 14.0. The molecule has 3 aromatic rings. The van der Waals surface area contributed by atoms with E-state index >= 15 is 0 Å². The number of esters is 1. The fourth-order valence-corrected chi connectivity index (χ4v) is 2.91. The molecule has 0 atom stereocenters. The SMILES string of the molecule is CCOC(=O)Cc1csc(NN=Cc2ccc(F)c(Oc3ccccc3)c2)n1. The number of aromatic nitrogens is 1. The number of hydrazone groups is 1. The highest BCUT2D eigenvalue weighted by Gasteiger charge is 2.08. The third-order valence-corrected chi connectivity index (χ3v) is 4.28. The first-order chi connectivity index (χ1) is 13.6. The lowest BCUT2D eigenvalue weighted by Gasteiger charge is -2.07. The molecule has 1 heterocycles. The Balaban J connectivity index is 1.61. The Morgan fingerprint density at radius 3 is 2.89 bits per heavy atom. The minimum absolute atomic E-state index is 0.112. The Hall–Kier alpha value is -3.26. The largest absolute Gasteiger partial charge is 0.466 e. The Kier molecular flexibility index (Phi) is 6.69. The molecular weight excluding hydrogens is 381 g/mol. The third kappa shape index (κ3) is 5.62. The molecule has 0 saturated heterocycles. The van der Waals surface area contributed by atoms with Crippen molar-refractivity contribution in [3.05, 3.63) is 71.0 Å². The minimum atomic E-state index is -0.461. The molecule has 0 aliphatic rings. The highest BCUT2D eigenvalue weighted by atomic mass is 32.1. The normalized spacial score (nSPS) is 10.8. The number of halogens is 1. The second-order valence-corrected chi connectivity index (χ2v) is 6.46. The number of thiazole rings is 1. The number of carbonyl (C=O) groups excluding carboxylic acids is 1. The quantitative estimate of drug-likeness (QED) is 0.340. The van der Waals surface area contributed by atoms with Crippen LogP contribution in [0, 0.1) is 5.82 Å². The van der Waals surface area contributed by atoms with Gasteiger partial charge in [-0.25, -0.2) is 9.37 Å². The van der Waals surface area contributed by atoms with Gasteiger partial charge in [-0.2, -0.15) is 5.10 Å². The second kappa shape index (κ2) is 9.61. The summed E-state index contributed by atoms with van der Waals surface area (Å²) in [5.41, 5.74) is 4.06. The minimum Gasteiger partial charge on any atom is -0.466 e. The number of hydrogen-bond donors (Lipinski definition) is 1. The number of nitrogens with zero attached hydrogens (tertiary/aromatic N) is 2. The van der Waals surface area contributed by atoms with Crippen molar-refractivity contribution in [1.29, 1.82) is 0 Å². The van der Waals surface area contributed by atoms with Crippen LogP contribution in [0.2, 0.25) is 0 Å². The maximum atomic E-state index is 14.0. The number of hydrogen-bond acceptors (Lipinski definition) is 7. The van der Waals surface area contributed by atoms with Gasteiger partial charge in [0.25, 0.3) is 0 Å². The number of ether oxygens (including phenoxy) is 2. The zero-order valence-electron chi connectivity index (χ0n) is 15.1. The summed E-state index contributed by atoms with van der Waals surface area (Å²) in [6.45, 7) is 2.10. The van der Waals surface area contributed by atoms with Crippen LogP contribution in [0.25, 0.3) is 0 Å². The highest BCUT2D eigenvalue weighted by Crippen LogP contribution is 2.25. The highest BCUT2D eigenvalue weighted by molar-refractivity contribution is 7.13. The van der Waals surface area contributed by atoms with E-state index in [4.69, 9.17) is 9.47 Å². The molecule has 0 amide bonds. The van der Waals surface area contributed by atoms with Crippen LogP contribution in [0.5, 0.6) is 11.5 Å². The van der Waals surface area contributed by atoms with E-state index in [1.165, 1.54) is 23.6 Å². The van der Waals surface area contributed by atoms with Gasteiger partial charge in [0.05, 0.1) is 24.9 Å². The predicted molar refractivity (Wildman–Crippen MR) is 107 cm³/mol. The van der Waals surface area contributed by atoms with Gasteiger partial charge < -0.3 is 9.47 Å². The number of anilines is 1. The van der Waals surface area contributed by atoms with Crippen LogP contribution < -0.4 is 10.2 Å². The van der Waals surface area contributed by atoms with Gasteiger partial charge in [0, 0.05) is 5.38 Å². The lowest BCUT2D eigenvalue weighted by molar-refractivity contribution is -0.142. The molecule has 144 valence electrons. The summed E-state index contributed by atoms with van der Waals surface area (Å²) in [7, 11) is 0. The zero-order chi connectivity index (χ0) is 19.8. The van der Waals surface area contributed by atoms with Gasteiger partial charge >= 0.3 is 5.97 Å². The third-order valence-electron chi connectivity index (χ3n) is 3.48. The number of carbonyl (C=O) groups is 1. The van der Waals surface area contributed by atoms with E-state index in [9.17, 15) is 9.18 Å². The van der Waals surface area contributed by atoms with Gasteiger partial charge in [0.15, 0.2) is 11.6 Å². The number of para-hydroxylation sites is 1. The van der Waals surface area contributed by atoms with Crippen molar-refractivity contribution >= 4 is 28.7 Å². The van der Waals surface area contributed by atoms with Crippen molar-refractivity contribution in [1.82, 2.24) is 4.98 Å². The van der Waals surface area contributed by atoms with Crippen LogP contribution in [0.15, 0.2) is 59.0 Å². The summed E-state index contributed by atoms with van der Waals surface area (Å²) in [6.07, 6.45) is 1.65. The van der Waals surface area contributed by atoms with Gasteiger partial charge in [0.1, 0.15) is 5.75 Å². The van der Waals surface area contributed by atoms with Crippen LogP contribution in [-0.2, 0) is 16.0 Å². The van der Waals surface area contributed by atoms with Crippen molar-refractivity contribution < 1.29 is 18.7 Å². The predicted octanol–water partition coefficient (Wildman–Crippen LogP) is 4.63. The molecule has 0 bridgehead atoms. The molecule has 0 radical (unpaired) electrons. The van der Waals surface area contributed by atoms with Crippen molar-refractivity contribution in [2.24, 2.45) is 5.10 Å². The number of nitrogens with one attached hydrogen (secondary N) is 1. The van der Waals surface area contributed by atoms with Crippen LogP contribution >= 0.6 is 11.3 Å². The van der Waals surface area contributed by atoms with Crippen molar-refractivity contribution in [3.63, 3.8) is 0 Å². The Morgan fingerprint density at radius 2 is 2.11 bits per heavy atom. The van der Waals surface area contributed by atoms with Crippen molar-refractivity contribution in [2.75, 3.05) is 12.0 Å². The van der Waals surface area contributed by atoms with Gasteiger partial charge in [0.2, 0.25) is 5.13 Å². The maximum Gasteiger partial charge on any atom is 0.311 e. The summed E-state index contributed by atoms with van der Waals surface area (Å²) in [5, 5.41) is 6.40. The summed E-state index contributed by atoms with van der Waals surface area (Å²) in [4.78, 5) is 15.7. The van der Waals surface area contributed by atoms with Crippen LogP contribution in [0.1, 0.15) is 18.2 Å². The molecule has 28 heavy (non-hydrogen) atoms. The molecular formula is C20H18FN3O3S. The molecule has 0 saturated carbocycles. The Morgan fingerprint density at radius 1 is 1.29 bits per heavy atom. The first-order valence-electron chi connectivity index (χ1n) is 8.55. The molecule has 1 N–H and O–H groups in total. The molecule has 0 spiro atoms. The molecule has 0 fully saturated rings. The first kappa shape index (κ1) is 19.5. The lowest BCUT2D eigenvalue weighted by atomic mass is 10.2. The van der Waals surface area contributed by atoms with E-state index < -0.39 is 5.82 Å². The molecule has 0 aliphatic heterocycles. The van der Waals surface area contributed by atoms with Crippen LogP contribution in [0.4, 0.5) is 9.52 Å². The lowest BCUT2D eigenvalue weighted by Crippen LogP contribution is -2.07. The average Bonchev–Trinajstić information content (AvgIpc) is 3.12. The van der Waals surface area contributed by atoms with E-state index in [1.807, 2.05) is 18.2 Å². The number of benzene rings is 2. The van der Waals surface area contributed by atoms with Crippen molar-refractivity contribution in [2.45, 2.75) is 13.3 Å². The van der Waals surface area contributed by atoms with Crippen LogP contribution in [0.3, 0.4) is 0 Å². The first-order valence-corrected chi connectivity index (χ1v) is 9.43. The standard InChI is InChI=1S/C20H18FN3O3S/c1-2-26-19(25)11-15-13-28-20(23-15)24-22-12-14-8-9-17(21)18(10-14)27-16-6-4-3-5-7-16/h3-10,12-13H,2,11H2,1H3,(H,23,24). The van der Waals surface area contributed by atoms with E-state index in [1.54, 1.807) is 36.6 Å². The fourth-order valence-electron chi connectivity index (χ4n) is 2.26. The Labute approximate surface area is 165 Å². The van der Waals surface area contributed by atoms with E-state index in [0.29, 0.717) is 28.7 Å².